The highest BCUT2D eigenvalue weighted by Crippen LogP contribution is 2.19. The maximum Gasteiger partial charge on any atom is 0.138 e. The second kappa shape index (κ2) is 3.42. The van der Waals surface area contributed by atoms with Gasteiger partial charge in [-0.25, -0.2) is 4.98 Å². The Morgan fingerprint density at radius 1 is 1.18 bits per heavy atom. The number of hydrogen-bond acceptors (Lipinski definition) is 3. The summed E-state index contributed by atoms with van der Waals surface area (Å²) in [6.07, 6.45) is 3.22. The summed E-state index contributed by atoms with van der Waals surface area (Å²) in [7, 11) is 0. The topological polar surface area (TPSA) is 38.7 Å². The van der Waals surface area contributed by atoms with Gasteiger partial charge in [-0.1, -0.05) is 20.8 Å². The number of aromatic nitrogens is 3. The molecule has 3 heteroatoms. The van der Waals surface area contributed by atoms with Crippen LogP contribution in [-0.4, -0.2) is 15.2 Å². The molecule has 1 atom stereocenters. The minimum atomic E-state index is 0.463. The van der Waals surface area contributed by atoms with Crippen LogP contribution in [0.3, 0.4) is 0 Å². The maximum absolute atomic E-state index is 4.13. The lowest BCUT2D eigenvalue weighted by Crippen LogP contribution is -2.05. The van der Waals surface area contributed by atoms with Crippen molar-refractivity contribution in [3.63, 3.8) is 0 Å². The molecule has 1 heterocycles. The first-order valence-corrected chi connectivity index (χ1v) is 3.84. The van der Waals surface area contributed by atoms with Crippen molar-refractivity contribution in [2.45, 2.75) is 26.7 Å². The van der Waals surface area contributed by atoms with Crippen molar-refractivity contribution in [1.82, 2.24) is 15.2 Å². The van der Waals surface area contributed by atoms with E-state index in [1.165, 1.54) is 6.33 Å². The Balaban J connectivity index is 2.77. The lowest BCUT2D eigenvalue weighted by molar-refractivity contribution is 0.519. The number of nitrogens with zero attached hydrogens (tertiary/aromatic N) is 3. The summed E-state index contributed by atoms with van der Waals surface area (Å²) >= 11 is 0. The van der Waals surface area contributed by atoms with Crippen LogP contribution in [0.1, 0.15) is 32.4 Å². The molecular formula is C8H13N3. The first-order valence-electron chi connectivity index (χ1n) is 3.84. The van der Waals surface area contributed by atoms with Crippen molar-refractivity contribution in [3.8, 4) is 0 Å². The predicted molar refractivity (Wildman–Crippen MR) is 43.1 cm³/mol. The van der Waals surface area contributed by atoms with E-state index in [1.54, 1.807) is 6.20 Å². The minimum absolute atomic E-state index is 0.463. The highest BCUT2D eigenvalue weighted by molar-refractivity contribution is 5.00. The molecule has 0 N–H and O–H groups in total. The van der Waals surface area contributed by atoms with Crippen LogP contribution < -0.4 is 0 Å². The fourth-order valence-corrected chi connectivity index (χ4v) is 0.825. The number of rotatable bonds is 2. The Bertz CT molecular complexity index is 208. The van der Waals surface area contributed by atoms with Gasteiger partial charge in [0, 0.05) is 5.92 Å². The van der Waals surface area contributed by atoms with Gasteiger partial charge < -0.3 is 0 Å². The highest BCUT2D eigenvalue weighted by atomic mass is 15.1. The molecule has 0 saturated carbocycles. The maximum atomic E-state index is 4.13. The number of hydrogen-bond donors (Lipinski definition) is 0. The van der Waals surface area contributed by atoms with Gasteiger partial charge in [0.25, 0.3) is 0 Å². The van der Waals surface area contributed by atoms with Crippen molar-refractivity contribution in [2.75, 3.05) is 0 Å². The molecule has 0 radical (unpaired) electrons. The third kappa shape index (κ3) is 1.97. The second-order valence-electron chi connectivity index (χ2n) is 3.06. The Labute approximate surface area is 66.9 Å². The third-order valence-electron chi connectivity index (χ3n) is 1.98. The Morgan fingerprint density at radius 3 is 2.36 bits per heavy atom. The summed E-state index contributed by atoms with van der Waals surface area (Å²) in [6, 6.07) is 0. The van der Waals surface area contributed by atoms with Gasteiger partial charge in [-0.2, -0.15) is 5.10 Å². The zero-order valence-corrected chi connectivity index (χ0v) is 7.15. The molecule has 1 unspecified atom stereocenters. The first kappa shape index (κ1) is 8.11. The standard InChI is InChI=1S/C8H13N3/c1-6(2)7(3)8-4-10-11-5-9-8/h4-7H,1-3H3. The van der Waals surface area contributed by atoms with E-state index < -0.39 is 0 Å². The zero-order valence-electron chi connectivity index (χ0n) is 7.15. The predicted octanol–water partition coefficient (Wildman–Crippen LogP) is 1.63. The van der Waals surface area contributed by atoms with Crippen LogP contribution in [0.4, 0.5) is 0 Å². The van der Waals surface area contributed by atoms with E-state index in [1.807, 2.05) is 0 Å². The third-order valence-corrected chi connectivity index (χ3v) is 1.98. The Morgan fingerprint density at radius 2 is 1.91 bits per heavy atom. The summed E-state index contributed by atoms with van der Waals surface area (Å²) in [6.45, 7) is 6.49. The molecule has 0 spiro atoms. The molecular weight excluding hydrogens is 138 g/mol. The molecule has 1 aromatic heterocycles. The quantitative estimate of drug-likeness (QED) is 0.644. The van der Waals surface area contributed by atoms with Crippen molar-refractivity contribution < 1.29 is 0 Å². The molecule has 0 aliphatic carbocycles. The normalized spacial score (nSPS) is 13.5. The molecule has 0 amide bonds. The van der Waals surface area contributed by atoms with E-state index in [4.69, 9.17) is 0 Å². The lowest BCUT2D eigenvalue weighted by atomic mass is 9.95. The van der Waals surface area contributed by atoms with Crippen LogP contribution in [0.2, 0.25) is 0 Å². The molecule has 0 aliphatic rings. The molecule has 0 aliphatic heterocycles. The minimum Gasteiger partial charge on any atom is -0.238 e. The summed E-state index contributed by atoms with van der Waals surface area (Å²) < 4.78 is 0. The zero-order chi connectivity index (χ0) is 8.27. The SMILES string of the molecule is CC(C)C(C)c1cnncn1. The van der Waals surface area contributed by atoms with Crippen molar-refractivity contribution in [1.29, 1.82) is 0 Å². The van der Waals surface area contributed by atoms with Gasteiger partial charge >= 0.3 is 0 Å². The summed E-state index contributed by atoms with van der Waals surface area (Å²) in [5, 5.41) is 7.40. The summed E-state index contributed by atoms with van der Waals surface area (Å²) in [5.41, 5.74) is 1.02. The van der Waals surface area contributed by atoms with Gasteiger partial charge in [0.2, 0.25) is 0 Å². The van der Waals surface area contributed by atoms with Crippen molar-refractivity contribution in [3.05, 3.63) is 18.2 Å². The average molecular weight is 151 g/mol. The van der Waals surface area contributed by atoms with Gasteiger partial charge in [0.15, 0.2) is 0 Å². The Hall–Kier alpha value is -0.990. The first-order chi connectivity index (χ1) is 5.22. The highest BCUT2D eigenvalue weighted by Gasteiger charge is 2.10. The van der Waals surface area contributed by atoms with Crippen LogP contribution in [0.15, 0.2) is 12.5 Å². The van der Waals surface area contributed by atoms with Crippen LogP contribution in [0.5, 0.6) is 0 Å². The van der Waals surface area contributed by atoms with E-state index in [9.17, 15) is 0 Å². The molecule has 11 heavy (non-hydrogen) atoms. The van der Waals surface area contributed by atoms with Gasteiger partial charge in [-0.05, 0) is 5.92 Å². The van der Waals surface area contributed by atoms with Gasteiger partial charge in [-0.3, -0.25) is 0 Å². The van der Waals surface area contributed by atoms with Crippen molar-refractivity contribution >= 4 is 0 Å². The summed E-state index contributed by atoms with van der Waals surface area (Å²) in [4.78, 5) is 4.13. The van der Waals surface area contributed by atoms with Crippen LogP contribution in [0, 0.1) is 5.92 Å². The second-order valence-corrected chi connectivity index (χ2v) is 3.06. The smallest absolute Gasteiger partial charge is 0.138 e. The molecule has 0 bridgehead atoms. The fraction of sp³-hybridized carbons (Fsp3) is 0.625. The monoisotopic (exact) mass is 151 g/mol. The van der Waals surface area contributed by atoms with Crippen LogP contribution >= 0.6 is 0 Å². The molecule has 60 valence electrons. The van der Waals surface area contributed by atoms with E-state index in [0.717, 1.165) is 5.69 Å². The molecule has 1 aromatic rings. The van der Waals surface area contributed by atoms with E-state index in [-0.39, 0.29) is 0 Å². The van der Waals surface area contributed by atoms with Gasteiger partial charge in [0.1, 0.15) is 6.33 Å². The Kier molecular flexibility index (Phi) is 2.52. The van der Waals surface area contributed by atoms with Gasteiger partial charge in [-0.15, -0.1) is 5.10 Å². The largest absolute Gasteiger partial charge is 0.238 e. The molecule has 1 rings (SSSR count). The lowest BCUT2D eigenvalue weighted by Gasteiger charge is -2.12. The van der Waals surface area contributed by atoms with E-state index in [2.05, 4.69) is 36.0 Å². The fourth-order valence-electron chi connectivity index (χ4n) is 0.825. The molecule has 0 aromatic carbocycles. The van der Waals surface area contributed by atoms with Crippen LogP contribution in [0.25, 0.3) is 0 Å². The average Bonchev–Trinajstić information content (AvgIpc) is 2.05. The molecule has 3 nitrogen and oxygen atoms in total. The van der Waals surface area contributed by atoms with E-state index >= 15 is 0 Å². The van der Waals surface area contributed by atoms with Gasteiger partial charge in [0.05, 0.1) is 11.9 Å². The van der Waals surface area contributed by atoms with Crippen molar-refractivity contribution in [2.24, 2.45) is 5.92 Å². The van der Waals surface area contributed by atoms with E-state index in [0.29, 0.717) is 11.8 Å². The summed E-state index contributed by atoms with van der Waals surface area (Å²) in [5.74, 6) is 1.07. The van der Waals surface area contributed by atoms with Crippen LogP contribution in [-0.2, 0) is 0 Å². The molecule has 0 saturated heterocycles. The molecule has 0 fully saturated rings.